The molecule has 1 atom stereocenters. The summed E-state index contributed by atoms with van der Waals surface area (Å²) in [6.07, 6.45) is 2.81. The van der Waals surface area contributed by atoms with Gasteiger partial charge in [0, 0.05) is 25.8 Å². The minimum atomic E-state index is 0.0842. The Kier molecular flexibility index (Phi) is 4.53. The largest absolute Gasteiger partial charge is 0.355 e. The third-order valence-corrected chi connectivity index (χ3v) is 3.29. The molecule has 0 bridgehead atoms. The molecule has 2 rings (SSSR count). The molecule has 0 aliphatic rings. The van der Waals surface area contributed by atoms with Gasteiger partial charge in [0.05, 0.1) is 0 Å². The Morgan fingerprint density at radius 2 is 1.89 bits per heavy atom. The maximum Gasteiger partial charge on any atom is 0.128 e. The SMILES string of the molecule is CC[C@@H](N)c1ccc(N(C)Cc2ccccc2)nc1. The number of pyridine rings is 1. The quantitative estimate of drug-likeness (QED) is 0.892. The Morgan fingerprint density at radius 1 is 1.16 bits per heavy atom. The highest BCUT2D eigenvalue weighted by atomic mass is 15.2. The van der Waals surface area contributed by atoms with Gasteiger partial charge in [-0.15, -0.1) is 0 Å². The monoisotopic (exact) mass is 255 g/mol. The van der Waals surface area contributed by atoms with E-state index in [2.05, 4.69) is 54.2 Å². The number of benzene rings is 1. The van der Waals surface area contributed by atoms with Crippen LogP contribution in [0.3, 0.4) is 0 Å². The molecule has 19 heavy (non-hydrogen) atoms. The van der Waals surface area contributed by atoms with E-state index in [4.69, 9.17) is 5.73 Å². The van der Waals surface area contributed by atoms with Gasteiger partial charge in [0.2, 0.25) is 0 Å². The zero-order valence-electron chi connectivity index (χ0n) is 11.6. The van der Waals surface area contributed by atoms with Crippen LogP contribution in [-0.4, -0.2) is 12.0 Å². The van der Waals surface area contributed by atoms with Gasteiger partial charge in [-0.05, 0) is 23.6 Å². The van der Waals surface area contributed by atoms with E-state index >= 15 is 0 Å². The summed E-state index contributed by atoms with van der Waals surface area (Å²) in [6, 6.07) is 14.6. The van der Waals surface area contributed by atoms with Gasteiger partial charge in [0.15, 0.2) is 0 Å². The highest BCUT2D eigenvalue weighted by Gasteiger charge is 2.06. The lowest BCUT2D eigenvalue weighted by Crippen LogP contribution is -2.18. The molecule has 100 valence electrons. The Labute approximate surface area is 115 Å². The normalized spacial score (nSPS) is 12.2. The molecular formula is C16H21N3. The zero-order valence-corrected chi connectivity index (χ0v) is 11.6. The Morgan fingerprint density at radius 3 is 2.47 bits per heavy atom. The number of rotatable bonds is 5. The maximum atomic E-state index is 5.99. The average molecular weight is 255 g/mol. The first-order valence-electron chi connectivity index (χ1n) is 6.67. The summed E-state index contributed by atoms with van der Waals surface area (Å²) in [5, 5.41) is 0. The van der Waals surface area contributed by atoms with Crippen molar-refractivity contribution in [2.75, 3.05) is 11.9 Å². The first kappa shape index (κ1) is 13.6. The maximum absolute atomic E-state index is 5.99. The van der Waals surface area contributed by atoms with Gasteiger partial charge in [-0.25, -0.2) is 4.98 Å². The molecule has 0 fully saturated rings. The molecule has 0 aliphatic carbocycles. The van der Waals surface area contributed by atoms with Crippen molar-refractivity contribution in [3.63, 3.8) is 0 Å². The predicted octanol–water partition coefficient (Wildman–Crippen LogP) is 3.13. The van der Waals surface area contributed by atoms with Gasteiger partial charge in [-0.3, -0.25) is 0 Å². The predicted molar refractivity (Wildman–Crippen MR) is 80.0 cm³/mol. The van der Waals surface area contributed by atoms with E-state index in [-0.39, 0.29) is 6.04 Å². The highest BCUT2D eigenvalue weighted by Crippen LogP contribution is 2.17. The van der Waals surface area contributed by atoms with Crippen molar-refractivity contribution in [2.45, 2.75) is 25.9 Å². The molecule has 2 aromatic rings. The molecule has 0 amide bonds. The van der Waals surface area contributed by atoms with Crippen LogP contribution in [0.2, 0.25) is 0 Å². The van der Waals surface area contributed by atoms with E-state index < -0.39 is 0 Å². The van der Waals surface area contributed by atoms with Crippen molar-refractivity contribution in [2.24, 2.45) is 5.73 Å². The van der Waals surface area contributed by atoms with Gasteiger partial charge >= 0.3 is 0 Å². The van der Waals surface area contributed by atoms with Crippen LogP contribution in [0.15, 0.2) is 48.7 Å². The Hall–Kier alpha value is -1.87. The average Bonchev–Trinajstić information content (AvgIpc) is 2.47. The fourth-order valence-corrected chi connectivity index (χ4v) is 2.02. The Bertz CT molecular complexity index is 493. The van der Waals surface area contributed by atoms with Crippen LogP contribution in [0, 0.1) is 0 Å². The fraction of sp³-hybridized carbons (Fsp3) is 0.312. The smallest absolute Gasteiger partial charge is 0.128 e. The van der Waals surface area contributed by atoms with Gasteiger partial charge < -0.3 is 10.6 Å². The first-order chi connectivity index (χ1) is 9.20. The van der Waals surface area contributed by atoms with E-state index in [0.29, 0.717) is 0 Å². The second-order valence-corrected chi connectivity index (χ2v) is 4.81. The lowest BCUT2D eigenvalue weighted by atomic mass is 10.1. The number of hydrogen-bond donors (Lipinski definition) is 1. The van der Waals surface area contributed by atoms with E-state index in [1.54, 1.807) is 0 Å². The lowest BCUT2D eigenvalue weighted by Gasteiger charge is -2.19. The molecular weight excluding hydrogens is 234 g/mol. The standard InChI is InChI=1S/C16H21N3/c1-3-15(17)14-9-10-16(18-11-14)19(2)12-13-7-5-4-6-8-13/h4-11,15H,3,12,17H2,1-2H3/t15-/m1/s1. The molecule has 0 radical (unpaired) electrons. The van der Waals surface area contributed by atoms with Gasteiger partial charge in [0.1, 0.15) is 5.82 Å². The molecule has 0 saturated heterocycles. The van der Waals surface area contributed by atoms with Crippen molar-refractivity contribution < 1.29 is 0 Å². The van der Waals surface area contributed by atoms with Crippen molar-refractivity contribution in [3.8, 4) is 0 Å². The number of hydrogen-bond acceptors (Lipinski definition) is 3. The summed E-state index contributed by atoms with van der Waals surface area (Å²) in [7, 11) is 2.05. The lowest BCUT2D eigenvalue weighted by molar-refractivity contribution is 0.694. The summed E-state index contributed by atoms with van der Waals surface area (Å²) in [6.45, 7) is 2.94. The molecule has 1 aromatic heterocycles. The second-order valence-electron chi connectivity index (χ2n) is 4.81. The van der Waals surface area contributed by atoms with Crippen LogP contribution in [0.4, 0.5) is 5.82 Å². The minimum Gasteiger partial charge on any atom is -0.355 e. The molecule has 0 spiro atoms. The number of anilines is 1. The summed E-state index contributed by atoms with van der Waals surface area (Å²) < 4.78 is 0. The van der Waals surface area contributed by atoms with E-state index in [1.165, 1.54) is 5.56 Å². The van der Waals surface area contributed by atoms with Crippen LogP contribution in [0.25, 0.3) is 0 Å². The second kappa shape index (κ2) is 6.34. The minimum absolute atomic E-state index is 0.0842. The van der Waals surface area contributed by atoms with Crippen LogP contribution in [0.1, 0.15) is 30.5 Å². The molecule has 1 heterocycles. The third kappa shape index (κ3) is 3.55. The van der Waals surface area contributed by atoms with E-state index in [1.807, 2.05) is 18.3 Å². The van der Waals surface area contributed by atoms with E-state index in [9.17, 15) is 0 Å². The molecule has 3 nitrogen and oxygen atoms in total. The van der Waals surface area contributed by atoms with Gasteiger partial charge in [0.25, 0.3) is 0 Å². The molecule has 2 N–H and O–H groups in total. The first-order valence-corrected chi connectivity index (χ1v) is 6.67. The fourth-order valence-electron chi connectivity index (χ4n) is 2.02. The molecule has 0 saturated carbocycles. The summed E-state index contributed by atoms with van der Waals surface area (Å²) in [4.78, 5) is 6.63. The summed E-state index contributed by atoms with van der Waals surface area (Å²) in [5.41, 5.74) is 8.37. The molecule has 0 unspecified atom stereocenters. The van der Waals surface area contributed by atoms with Crippen molar-refractivity contribution in [1.29, 1.82) is 0 Å². The summed E-state index contributed by atoms with van der Waals surface area (Å²) >= 11 is 0. The third-order valence-electron chi connectivity index (χ3n) is 3.29. The molecule has 1 aromatic carbocycles. The number of nitrogens with zero attached hydrogens (tertiary/aromatic N) is 2. The molecule has 0 aliphatic heterocycles. The van der Waals surface area contributed by atoms with Crippen LogP contribution in [-0.2, 0) is 6.54 Å². The van der Waals surface area contributed by atoms with Gasteiger partial charge in [-0.1, -0.05) is 43.3 Å². The number of aromatic nitrogens is 1. The van der Waals surface area contributed by atoms with Crippen LogP contribution < -0.4 is 10.6 Å². The van der Waals surface area contributed by atoms with Crippen molar-refractivity contribution in [1.82, 2.24) is 4.98 Å². The van der Waals surface area contributed by atoms with Crippen LogP contribution >= 0.6 is 0 Å². The van der Waals surface area contributed by atoms with Crippen molar-refractivity contribution in [3.05, 3.63) is 59.8 Å². The topological polar surface area (TPSA) is 42.1 Å². The van der Waals surface area contributed by atoms with Gasteiger partial charge in [-0.2, -0.15) is 0 Å². The van der Waals surface area contributed by atoms with Crippen molar-refractivity contribution >= 4 is 5.82 Å². The molecule has 3 heteroatoms. The number of nitrogens with two attached hydrogens (primary N) is 1. The van der Waals surface area contributed by atoms with Crippen LogP contribution in [0.5, 0.6) is 0 Å². The summed E-state index contributed by atoms with van der Waals surface area (Å²) in [5.74, 6) is 0.968. The highest BCUT2D eigenvalue weighted by molar-refractivity contribution is 5.40. The Balaban J connectivity index is 2.05. The van der Waals surface area contributed by atoms with E-state index in [0.717, 1.165) is 24.3 Å². The zero-order chi connectivity index (χ0) is 13.7.